The molecule has 0 radical (unpaired) electrons. The fraction of sp³-hybridized carbons (Fsp3) is 0.312. The number of aromatic nitrogens is 1. The van der Waals surface area contributed by atoms with Crippen molar-refractivity contribution in [1.29, 1.82) is 0 Å². The van der Waals surface area contributed by atoms with E-state index in [1.54, 1.807) is 0 Å². The maximum Gasteiger partial charge on any atom is 0.0612 e. The second-order valence-electron chi connectivity index (χ2n) is 5.18. The van der Waals surface area contributed by atoms with Crippen molar-refractivity contribution >= 4 is 28.9 Å². The predicted octanol–water partition coefficient (Wildman–Crippen LogP) is 3.71. The van der Waals surface area contributed by atoms with Crippen LogP contribution in [0.15, 0.2) is 42.6 Å². The molecule has 0 atom stereocenters. The van der Waals surface area contributed by atoms with Crippen LogP contribution >= 0.6 is 23.2 Å². The van der Waals surface area contributed by atoms with E-state index >= 15 is 0 Å². The molecular formula is C16H17Cl2N3. The summed E-state index contributed by atoms with van der Waals surface area (Å²) >= 11 is 12.1. The van der Waals surface area contributed by atoms with E-state index in [0.29, 0.717) is 10.0 Å². The first-order valence-corrected chi connectivity index (χ1v) is 7.80. The molecule has 0 saturated carbocycles. The van der Waals surface area contributed by atoms with Crippen LogP contribution in [-0.2, 0) is 6.54 Å². The van der Waals surface area contributed by atoms with Crippen molar-refractivity contribution in [3.63, 3.8) is 0 Å². The summed E-state index contributed by atoms with van der Waals surface area (Å²) in [5.74, 6) is 0. The van der Waals surface area contributed by atoms with Crippen LogP contribution in [0.1, 0.15) is 5.69 Å². The number of anilines is 1. The maximum absolute atomic E-state index is 6.09. The Hall–Kier alpha value is -1.29. The molecule has 0 amide bonds. The number of pyridine rings is 1. The zero-order valence-corrected chi connectivity index (χ0v) is 13.2. The average molecular weight is 322 g/mol. The van der Waals surface area contributed by atoms with Crippen LogP contribution in [0.5, 0.6) is 0 Å². The summed E-state index contributed by atoms with van der Waals surface area (Å²) in [6, 6.07) is 11.9. The Morgan fingerprint density at radius 1 is 0.952 bits per heavy atom. The topological polar surface area (TPSA) is 19.4 Å². The lowest BCUT2D eigenvalue weighted by atomic mass is 10.2. The molecule has 1 aliphatic rings. The zero-order chi connectivity index (χ0) is 14.7. The largest absolute Gasteiger partial charge is 0.369 e. The van der Waals surface area contributed by atoms with Gasteiger partial charge in [0.25, 0.3) is 0 Å². The molecule has 3 rings (SSSR count). The Labute approximate surface area is 135 Å². The van der Waals surface area contributed by atoms with Gasteiger partial charge in [0.2, 0.25) is 0 Å². The summed E-state index contributed by atoms with van der Waals surface area (Å²) in [6.07, 6.45) is 1.85. The van der Waals surface area contributed by atoms with Crippen molar-refractivity contribution in [3.05, 3.63) is 58.3 Å². The number of hydrogen-bond donors (Lipinski definition) is 0. The van der Waals surface area contributed by atoms with Crippen LogP contribution in [0.4, 0.5) is 5.69 Å². The van der Waals surface area contributed by atoms with Gasteiger partial charge in [-0.05, 0) is 30.3 Å². The minimum absolute atomic E-state index is 0.606. The standard InChI is InChI=1S/C16H17Cl2N3/c17-15-5-4-14(11-16(15)18)21-9-7-20(8-10-21)12-13-3-1-2-6-19-13/h1-6,11H,7-10,12H2. The highest BCUT2D eigenvalue weighted by molar-refractivity contribution is 6.42. The monoisotopic (exact) mass is 321 g/mol. The third kappa shape index (κ3) is 3.67. The normalized spacial score (nSPS) is 16.2. The van der Waals surface area contributed by atoms with Crippen molar-refractivity contribution in [2.24, 2.45) is 0 Å². The molecule has 1 aliphatic heterocycles. The quantitative estimate of drug-likeness (QED) is 0.859. The van der Waals surface area contributed by atoms with Gasteiger partial charge in [-0.3, -0.25) is 9.88 Å². The summed E-state index contributed by atoms with van der Waals surface area (Å²) in [7, 11) is 0. The highest BCUT2D eigenvalue weighted by atomic mass is 35.5. The van der Waals surface area contributed by atoms with Gasteiger partial charge in [-0.15, -0.1) is 0 Å². The predicted molar refractivity (Wildman–Crippen MR) is 88.2 cm³/mol. The molecule has 0 unspecified atom stereocenters. The Kier molecular flexibility index (Phi) is 4.63. The third-order valence-electron chi connectivity index (χ3n) is 3.75. The van der Waals surface area contributed by atoms with Crippen LogP contribution in [0.2, 0.25) is 10.0 Å². The molecule has 110 valence electrons. The molecule has 0 N–H and O–H groups in total. The molecule has 2 aromatic rings. The third-order valence-corrected chi connectivity index (χ3v) is 4.49. The van der Waals surface area contributed by atoms with Gasteiger partial charge in [0, 0.05) is 44.6 Å². The molecule has 0 bridgehead atoms. The van der Waals surface area contributed by atoms with Gasteiger partial charge in [-0.1, -0.05) is 29.3 Å². The van der Waals surface area contributed by atoms with Crippen molar-refractivity contribution < 1.29 is 0 Å². The molecule has 0 aliphatic carbocycles. The van der Waals surface area contributed by atoms with E-state index in [0.717, 1.165) is 44.1 Å². The summed E-state index contributed by atoms with van der Waals surface area (Å²) in [4.78, 5) is 9.16. The molecule has 1 aromatic carbocycles. The Balaban J connectivity index is 1.58. The van der Waals surface area contributed by atoms with Gasteiger partial charge in [0.1, 0.15) is 0 Å². The molecule has 5 heteroatoms. The Morgan fingerprint density at radius 3 is 2.43 bits per heavy atom. The van der Waals surface area contributed by atoms with Crippen molar-refractivity contribution in [2.75, 3.05) is 31.1 Å². The van der Waals surface area contributed by atoms with Crippen LogP contribution in [0.25, 0.3) is 0 Å². The minimum atomic E-state index is 0.606. The first kappa shape index (κ1) is 14.6. The van der Waals surface area contributed by atoms with Gasteiger partial charge < -0.3 is 4.90 Å². The molecule has 1 saturated heterocycles. The molecule has 0 spiro atoms. The number of piperazine rings is 1. The lowest BCUT2D eigenvalue weighted by Gasteiger charge is -2.36. The van der Waals surface area contributed by atoms with Crippen LogP contribution in [-0.4, -0.2) is 36.1 Å². The van der Waals surface area contributed by atoms with Gasteiger partial charge in [0.15, 0.2) is 0 Å². The lowest BCUT2D eigenvalue weighted by Crippen LogP contribution is -2.46. The fourth-order valence-electron chi connectivity index (χ4n) is 2.57. The van der Waals surface area contributed by atoms with E-state index in [9.17, 15) is 0 Å². The first-order valence-electron chi connectivity index (χ1n) is 7.04. The fourth-order valence-corrected chi connectivity index (χ4v) is 2.86. The number of nitrogens with zero attached hydrogens (tertiary/aromatic N) is 3. The van der Waals surface area contributed by atoms with Crippen molar-refractivity contribution in [3.8, 4) is 0 Å². The summed E-state index contributed by atoms with van der Waals surface area (Å²) < 4.78 is 0. The van der Waals surface area contributed by atoms with E-state index < -0.39 is 0 Å². The SMILES string of the molecule is Clc1ccc(N2CCN(Cc3ccccn3)CC2)cc1Cl. The van der Waals surface area contributed by atoms with Gasteiger partial charge in [-0.25, -0.2) is 0 Å². The van der Waals surface area contributed by atoms with E-state index in [2.05, 4.69) is 20.9 Å². The summed E-state index contributed by atoms with van der Waals surface area (Å²) in [5, 5.41) is 1.22. The first-order chi connectivity index (χ1) is 10.2. The van der Waals surface area contributed by atoms with Crippen LogP contribution < -0.4 is 4.90 Å². The van der Waals surface area contributed by atoms with Crippen LogP contribution in [0.3, 0.4) is 0 Å². The van der Waals surface area contributed by atoms with Gasteiger partial charge in [-0.2, -0.15) is 0 Å². The number of halogens is 2. The van der Waals surface area contributed by atoms with E-state index in [4.69, 9.17) is 23.2 Å². The molecule has 1 fully saturated rings. The molecule has 21 heavy (non-hydrogen) atoms. The smallest absolute Gasteiger partial charge is 0.0612 e. The zero-order valence-electron chi connectivity index (χ0n) is 11.7. The Morgan fingerprint density at radius 2 is 1.76 bits per heavy atom. The molecular weight excluding hydrogens is 305 g/mol. The van der Waals surface area contributed by atoms with Crippen LogP contribution in [0, 0.1) is 0 Å². The van der Waals surface area contributed by atoms with Gasteiger partial charge >= 0.3 is 0 Å². The maximum atomic E-state index is 6.09. The lowest BCUT2D eigenvalue weighted by molar-refractivity contribution is 0.247. The minimum Gasteiger partial charge on any atom is -0.369 e. The van der Waals surface area contributed by atoms with Gasteiger partial charge in [0.05, 0.1) is 15.7 Å². The summed E-state index contributed by atoms with van der Waals surface area (Å²) in [6.45, 7) is 4.94. The van der Waals surface area contributed by atoms with Crippen molar-refractivity contribution in [1.82, 2.24) is 9.88 Å². The summed E-state index contributed by atoms with van der Waals surface area (Å²) in [5.41, 5.74) is 2.27. The van der Waals surface area contributed by atoms with E-state index in [1.165, 1.54) is 0 Å². The number of hydrogen-bond acceptors (Lipinski definition) is 3. The van der Waals surface area contributed by atoms with Crippen molar-refractivity contribution in [2.45, 2.75) is 6.54 Å². The highest BCUT2D eigenvalue weighted by Crippen LogP contribution is 2.27. The highest BCUT2D eigenvalue weighted by Gasteiger charge is 2.18. The number of benzene rings is 1. The molecule has 2 heterocycles. The van der Waals surface area contributed by atoms with E-state index in [-0.39, 0.29) is 0 Å². The second-order valence-corrected chi connectivity index (χ2v) is 6.00. The molecule has 3 nitrogen and oxygen atoms in total. The molecule has 1 aromatic heterocycles. The average Bonchev–Trinajstić information content (AvgIpc) is 2.52. The Bertz CT molecular complexity index is 596. The number of rotatable bonds is 3. The van der Waals surface area contributed by atoms with E-state index in [1.807, 2.05) is 36.5 Å². The second kappa shape index (κ2) is 6.65.